The summed E-state index contributed by atoms with van der Waals surface area (Å²) in [5.41, 5.74) is 3.95. The Morgan fingerprint density at radius 3 is 2.62 bits per heavy atom. The van der Waals surface area contributed by atoms with Gasteiger partial charge in [-0.25, -0.2) is 15.0 Å². The van der Waals surface area contributed by atoms with Gasteiger partial charge in [0.15, 0.2) is 0 Å². The first-order valence-corrected chi connectivity index (χ1v) is 10.7. The van der Waals surface area contributed by atoms with E-state index in [0.29, 0.717) is 11.0 Å². The smallest absolute Gasteiger partial charge is 0.223 e. The first kappa shape index (κ1) is 19.6. The lowest BCUT2D eigenvalue weighted by atomic mass is 10.1. The third-order valence-corrected chi connectivity index (χ3v) is 6.06. The van der Waals surface area contributed by atoms with E-state index in [2.05, 4.69) is 36.3 Å². The molecule has 6 heteroatoms. The first-order chi connectivity index (χ1) is 14.1. The molecule has 1 atom stereocenters. The van der Waals surface area contributed by atoms with Crippen LogP contribution in [0.5, 0.6) is 0 Å². The van der Waals surface area contributed by atoms with Gasteiger partial charge in [-0.3, -0.25) is 0 Å². The quantitative estimate of drug-likeness (QED) is 0.379. The highest BCUT2D eigenvalue weighted by Gasteiger charge is 2.17. The van der Waals surface area contributed by atoms with Gasteiger partial charge in [0.05, 0.1) is 27.3 Å². The molecular formula is C23H21ClN4S. The molecule has 2 heterocycles. The molecule has 0 saturated carbocycles. The standard InChI is InChI=1S/C23H21ClN4S/c1-3-20-28-21(17-10-7-11-18(24)14-17)22(29-20)19-12-13-25-23(27-19)26-15(2)16-8-5-4-6-9-16/h4-15H,3H2,1-2H3,(H,25,26,27). The lowest BCUT2D eigenvalue weighted by Gasteiger charge is -2.14. The van der Waals surface area contributed by atoms with E-state index in [-0.39, 0.29) is 6.04 Å². The van der Waals surface area contributed by atoms with E-state index in [4.69, 9.17) is 21.6 Å². The number of nitrogens with zero attached hydrogens (tertiary/aromatic N) is 3. The van der Waals surface area contributed by atoms with Crippen molar-refractivity contribution in [3.05, 3.63) is 82.5 Å². The highest BCUT2D eigenvalue weighted by Crippen LogP contribution is 2.37. The number of halogens is 1. The summed E-state index contributed by atoms with van der Waals surface area (Å²) in [7, 11) is 0. The Kier molecular flexibility index (Phi) is 5.88. The minimum atomic E-state index is 0.103. The number of aryl methyl sites for hydroxylation is 1. The van der Waals surface area contributed by atoms with E-state index < -0.39 is 0 Å². The summed E-state index contributed by atoms with van der Waals surface area (Å²) in [5, 5.41) is 5.16. The summed E-state index contributed by atoms with van der Waals surface area (Å²) in [6.07, 6.45) is 2.66. The molecule has 0 aliphatic rings. The van der Waals surface area contributed by atoms with Crippen LogP contribution < -0.4 is 5.32 Å². The van der Waals surface area contributed by atoms with Crippen molar-refractivity contribution in [3.8, 4) is 21.8 Å². The van der Waals surface area contributed by atoms with Gasteiger partial charge >= 0.3 is 0 Å². The molecule has 1 unspecified atom stereocenters. The van der Waals surface area contributed by atoms with E-state index in [1.807, 2.05) is 48.5 Å². The number of nitrogens with one attached hydrogen (secondary N) is 1. The van der Waals surface area contributed by atoms with Crippen molar-refractivity contribution in [2.75, 3.05) is 5.32 Å². The van der Waals surface area contributed by atoms with Crippen LogP contribution in [0.3, 0.4) is 0 Å². The van der Waals surface area contributed by atoms with Gasteiger partial charge in [-0.1, -0.05) is 61.0 Å². The maximum Gasteiger partial charge on any atom is 0.223 e. The Balaban J connectivity index is 1.69. The fourth-order valence-electron chi connectivity index (χ4n) is 3.09. The monoisotopic (exact) mass is 420 g/mol. The van der Waals surface area contributed by atoms with Gasteiger partial charge in [0, 0.05) is 16.8 Å². The summed E-state index contributed by atoms with van der Waals surface area (Å²) >= 11 is 7.88. The van der Waals surface area contributed by atoms with Crippen molar-refractivity contribution in [2.45, 2.75) is 26.3 Å². The summed E-state index contributed by atoms with van der Waals surface area (Å²) < 4.78 is 0. The van der Waals surface area contributed by atoms with Crippen LogP contribution in [0.25, 0.3) is 21.8 Å². The maximum absolute atomic E-state index is 6.21. The topological polar surface area (TPSA) is 50.7 Å². The lowest BCUT2D eigenvalue weighted by Crippen LogP contribution is -2.09. The third kappa shape index (κ3) is 4.47. The van der Waals surface area contributed by atoms with Crippen LogP contribution in [0.1, 0.15) is 30.5 Å². The second-order valence-electron chi connectivity index (χ2n) is 6.69. The number of rotatable bonds is 6. The normalized spacial score (nSPS) is 12.0. The lowest BCUT2D eigenvalue weighted by molar-refractivity contribution is 0.861. The Morgan fingerprint density at radius 2 is 1.86 bits per heavy atom. The molecule has 0 radical (unpaired) electrons. The Morgan fingerprint density at radius 1 is 1.03 bits per heavy atom. The molecule has 0 fully saturated rings. The fourth-order valence-corrected chi connectivity index (χ4v) is 4.28. The average molecular weight is 421 g/mol. The number of hydrogen-bond acceptors (Lipinski definition) is 5. The predicted octanol–water partition coefficient (Wildman–Crippen LogP) is 6.66. The van der Waals surface area contributed by atoms with Gasteiger partial charge in [0.1, 0.15) is 0 Å². The van der Waals surface area contributed by atoms with Crippen LogP contribution in [0, 0.1) is 0 Å². The maximum atomic E-state index is 6.21. The zero-order chi connectivity index (χ0) is 20.2. The van der Waals surface area contributed by atoms with Crippen molar-refractivity contribution >= 4 is 28.9 Å². The molecule has 0 spiro atoms. The van der Waals surface area contributed by atoms with Gasteiger partial charge in [0.25, 0.3) is 0 Å². The van der Waals surface area contributed by atoms with Crippen molar-refractivity contribution < 1.29 is 0 Å². The van der Waals surface area contributed by atoms with E-state index >= 15 is 0 Å². The zero-order valence-electron chi connectivity index (χ0n) is 16.3. The van der Waals surface area contributed by atoms with Crippen molar-refractivity contribution in [1.82, 2.24) is 15.0 Å². The Hall–Kier alpha value is -2.76. The molecule has 29 heavy (non-hydrogen) atoms. The highest BCUT2D eigenvalue weighted by atomic mass is 35.5. The zero-order valence-corrected chi connectivity index (χ0v) is 17.8. The third-order valence-electron chi connectivity index (χ3n) is 4.61. The Labute approximate surface area is 179 Å². The number of anilines is 1. The summed E-state index contributed by atoms with van der Waals surface area (Å²) in [6, 6.07) is 20.1. The molecule has 2 aromatic carbocycles. The van der Waals surface area contributed by atoms with Gasteiger partial charge in [-0.2, -0.15) is 0 Å². The minimum Gasteiger partial charge on any atom is -0.348 e. The van der Waals surface area contributed by atoms with E-state index in [0.717, 1.165) is 33.3 Å². The Bertz CT molecular complexity index is 1110. The molecule has 4 rings (SSSR count). The van der Waals surface area contributed by atoms with Crippen molar-refractivity contribution in [2.24, 2.45) is 0 Å². The molecule has 0 amide bonds. The number of aromatic nitrogens is 3. The summed E-state index contributed by atoms with van der Waals surface area (Å²) in [4.78, 5) is 15.1. The second-order valence-corrected chi connectivity index (χ2v) is 8.21. The van der Waals surface area contributed by atoms with Gasteiger partial charge in [-0.05, 0) is 37.1 Å². The van der Waals surface area contributed by atoms with E-state index in [1.165, 1.54) is 5.56 Å². The van der Waals surface area contributed by atoms with Crippen molar-refractivity contribution in [3.63, 3.8) is 0 Å². The summed E-state index contributed by atoms with van der Waals surface area (Å²) in [5.74, 6) is 0.599. The van der Waals surface area contributed by atoms with E-state index in [9.17, 15) is 0 Å². The molecule has 146 valence electrons. The minimum absolute atomic E-state index is 0.103. The van der Waals surface area contributed by atoms with Crippen LogP contribution in [0.15, 0.2) is 66.9 Å². The predicted molar refractivity (Wildman–Crippen MR) is 121 cm³/mol. The molecule has 4 nitrogen and oxygen atoms in total. The summed E-state index contributed by atoms with van der Waals surface area (Å²) in [6.45, 7) is 4.21. The van der Waals surface area contributed by atoms with Gasteiger partial charge in [0.2, 0.25) is 5.95 Å². The van der Waals surface area contributed by atoms with Gasteiger partial charge in [-0.15, -0.1) is 11.3 Å². The van der Waals surface area contributed by atoms with Crippen molar-refractivity contribution in [1.29, 1.82) is 0 Å². The molecule has 2 aromatic heterocycles. The van der Waals surface area contributed by atoms with Crippen LogP contribution in [-0.4, -0.2) is 15.0 Å². The van der Waals surface area contributed by atoms with Gasteiger partial charge < -0.3 is 5.32 Å². The highest BCUT2D eigenvalue weighted by molar-refractivity contribution is 7.15. The van der Waals surface area contributed by atoms with E-state index in [1.54, 1.807) is 17.5 Å². The number of benzene rings is 2. The SMILES string of the molecule is CCc1nc(-c2cccc(Cl)c2)c(-c2ccnc(NC(C)c3ccccc3)n2)s1. The molecule has 1 N–H and O–H groups in total. The molecule has 0 bridgehead atoms. The number of hydrogen-bond donors (Lipinski definition) is 1. The van der Waals surface area contributed by atoms with Crippen LogP contribution >= 0.6 is 22.9 Å². The van der Waals surface area contributed by atoms with Crippen LogP contribution in [0.2, 0.25) is 5.02 Å². The second kappa shape index (κ2) is 8.72. The van der Waals surface area contributed by atoms with Crippen LogP contribution in [0.4, 0.5) is 5.95 Å². The first-order valence-electron chi connectivity index (χ1n) is 9.54. The van der Waals surface area contributed by atoms with Crippen LogP contribution in [-0.2, 0) is 6.42 Å². The molecule has 4 aromatic rings. The molecule has 0 saturated heterocycles. The average Bonchev–Trinajstić information content (AvgIpc) is 3.19. The largest absolute Gasteiger partial charge is 0.348 e. The molecule has 0 aliphatic heterocycles. The molecular weight excluding hydrogens is 400 g/mol. The fraction of sp³-hybridized carbons (Fsp3) is 0.174. The molecule has 0 aliphatic carbocycles. The number of thiazole rings is 1.